The Balaban J connectivity index is 1.26. The summed E-state index contributed by atoms with van der Waals surface area (Å²) >= 11 is 4.57. The molecule has 0 N–H and O–H groups in total. The molecule has 222 valence electrons. The summed E-state index contributed by atoms with van der Waals surface area (Å²) in [5, 5.41) is 1.40. The van der Waals surface area contributed by atoms with Gasteiger partial charge in [-0.1, -0.05) is 0 Å². The summed E-state index contributed by atoms with van der Waals surface area (Å²) in [4.78, 5) is 11.6. The van der Waals surface area contributed by atoms with Gasteiger partial charge >= 0.3 is 202 Å². The third-order valence-corrected chi connectivity index (χ3v) is 18.2. The normalized spacial score (nSPS) is 12.3. The van der Waals surface area contributed by atoms with Crippen LogP contribution >= 0.6 is 20.8 Å². The maximum absolute atomic E-state index is 11.6. The SMILES string of the molecule is COc1cc(C(C)=O)ccc1OCCCCCCCCCCP(Br)(c1ccccc1)(c1ccccc1)c1ccccc1. The average Bonchev–Trinajstić information content (AvgIpc) is 3.04. The molecule has 0 amide bonds. The number of ketones is 1. The Bertz CT molecular complexity index is 1290. The molecule has 0 aliphatic heterocycles. The Morgan fingerprint density at radius 2 is 1.07 bits per heavy atom. The molecular formula is C37H44BrO3P. The van der Waals surface area contributed by atoms with Gasteiger partial charge in [-0.05, 0) is 25.1 Å². The van der Waals surface area contributed by atoms with E-state index in [0.717, 1.165) is 19.0 Å². The van der Waals surface area contributed by atoms with E-state index in [1.807, 2.05) is 6.07 Å². The van der Waals surface area contributed by atoms with Crippen LogP contribution in [0.5, 0.6) is 11.5 Å². The van der Waals surface area contributed by atoms with Crippen molar-refractivity contribution >= 4 is 42.5 Å². The Kier molecular flexibility index (Phi) is 11.8. The van der Waals surface area contributed by atoms with Crippen LogP contribution < -0.4 is 25.4 Å². The molecule has 0 bridgehead atoms. The fraction of sp³-hybridized carbons (Fsp3) is 0.324. The van der Waals surface area contributed by atoms with Gasteiger partial charge in [0.2, 0.25) is 0 Å². The summed E-state index contributed by atoms with van der Waals surface area (Å²) in [5.74, 6) is 1.34. The maximum atomic E-state index is 11.6. The molecule has 0 heterocycles. The van der Waals surface area contributed by atoms with E-state index < -0.39 is 5.31 Å². The van der Waals surface area contributed by atoms with E-state index in [4.69, 9.17) is 9.47 Å². The van der Waals surface area contributed by atoms with Crippen molar-refractivity contribution in [3.63, 3.8) is 0 Å². The second-order valence-electron chi connectivity index (χ2n) is 11.0. The first kappa shape index (κ1) is 32.0. The number of hydrogen-bond acceptors (Lipinski definition) is 3. The molecule has 4 aromatic rings. The van der Waals surface area contributed by atoms with Crippen LogP contribution in [-0.4, -0.2) is 25.7 Å². The molecule has 42 heavy (non-hydrogen) atoms. The van der Waals surface area contributed by atoms with Crippen molar-refractivity contribution in [2.24, 2.45) is 0 Å². The third-order valence-electron chi connectivity index (χ3n) is 8.18. The van der Waals surface area contributed by atoms with Gasteiger partial charge < -0.3 is 4.74 Å². The van der Waals surface area contributed by atoms with Crippen LogP contribution in [0.4, 0.5) is 0 Å². The zero-order chi connectivity index (χ0) is 29.7. The third kappa shape index (κ3) is 7.52. The van der Waals surface area contributed by atoms with Crippen molar-refractivity contribution in [3.8, 4) is 11.5 Å². The molecule has 0 aliphatic carbocycles. The van der Waals surface area contributed by atoms with Gasteiger partial charge in [-0.2, -0.15) is 0 Å². The number of methoxy groups -OCH3 is 1. The first-order valence-corrected chi connectivity index (χ1v) is 19.6. The van der Waals surface area contributed by atoms with Crippen LogP contribution in [0.2, 0.25) is 0 Å². The molecule has 4 rings (SSSR count). The van der Waals surface area contributed by atoms with Gasteiger partial charge in [0.15, 0.2) is 11.5 Å². The standard InChI is InChI=1S/C37H44BrO3P/c1-31(39)32-26-27-36(37(30-32)40-2)41-28-18-7-5-3-4-6-8-19-29-42(38,33-20-12-9-13-21-33,34-22-14-10-15-23-34)35-24-16-11-17-25-35/h9-17,20-27,30H,3-8,18-19,28-29H2,1-2H3. The first-order chi connectivity index (χ1) is 20.5. The predicted octanol–water partition coefficient (Wildman–Crippen LogP) is 9.24. The number of ether oxygens (including phenoxy) is 2. The Morgan fingerprint density at radius 3 is 1.52 bits per heavy atom. The average molecular weight is 648 g/mol. The molecular weight excluding hydrogens is 603 g/mol. The number of carbonyl (C=O) groups excluding carboxylic acids is 1. The molecule has 0 saturated carbocycles. The summed E-state index contributed by atoms with van der Waals surface area (Å²) in [5.41, 5.74) is 0.638. The second kappa shape index (κ2) is 15.5. The van der Waals surface area contributed by atoms with Crippen LogP contribution in [0.25, 0.3) is 0 Å². The first-order valence-electron chi connectivity index (χ1n) is 15.2. The van der Waals surface area contributed by atoms with Gasteiger partial charge in [-0.15, -0.1) is 0 Å². The van der Waals surface area contributed by atoms with E-state index in [-0.39, 0.29) is 5.78 Å². The number of hydrogen-bond donors (Lipinski definition) is 0. The summed E-state index contributed by atoms with van der Waals surface area (Å²) in [6, 6.07) is 38.7. The molecule has 0 atom stereocenters. The zero-order valence-electron chi connectivity index (χ0n) is 25.0. The Labute approximate surface area is 260 Å². The van der Waals surface area contributed by atoms with Crippen molar-refractivity contribution in [2.45, 2.75) is 58.3 Å². The summed E-state index contributed by atoms with van der Waals surface area (Å²) in [6.45, 7) is 2.22. The van der Waals surface area contributed by atoms with Gasteiger partial charge in [0, 0.05) is 5.56 Å². The number of carbonyl (C=O) groups is 1. The van der Waals surface area contributed by atoms with Crippen molar-refractivity contribution in [2.75, 3.05) is 19.9 Å². The quantitative estimate of drug-likeness (QED) is 0.0651. The van der Waals surface area contributed by atoms with E-state index in [9.17, 15) is 4.79 Å². The van der Waals surface area contributed by atoms with Crippen LogP contribution in [0, 0.1) is 0 Å². The molecule has 0 aliphatic rings. The minimum atomic E-state index is -2.80. The van der Waals surface area contributed by atoms with Crippen LogP contribution in [0.3, 0.4) is 0 Å². The topological polar surface area (TPSA) is 35.5 Å². The monoisotopic (exact) mass is 646 g/mol. The van der Waals surface area contributed by atoms with Crippen molar-refractivity contribution in [3.05, 3.63) is 115 Å². The van der Waals surface area contributed by atoms with E-state index in [1.54, 1.807) is 26.2 Å². The molecule has 3 nitrogen and oxygen atoms in total. The fourth-order valence-electron chi connectivity index (χ4n) is 5.81. The second-order valence-corrected chi connectivity index (χ2v) is 20.1. The molecule has 0 unspecified atom stereocenters. The van der Waals surface area contributed by atoms with Crippen LogP contribution in [0.1, 0.15) is 68.6 Å². The van der Waals surface area contributed by atoms with E-state index in [1.165, 1.54) is 54.4 Å². The number of halogens is 1. The fourth-order valence-corrected chi connectivity index (χ4v) is 13.6. The van der Waals surface area contributed by atoms with Gasteiger partial charge in [-0.3, -0.25) is 4.79 Å². The number of benzene rings is 4. The Hall–Kier alpha value is -2.94. The van der Waals surface area contributed by atoms with Gasteiger partial charge in [-0.25, -0.2) is 0 Å². The summed E-state index contributed by atoms with van der Waals surface area (Å²) in [7, 11) is 1.61. The molecule has 0 fully saturated rings. The van der Waals surface area contributed by atoms with Crippen molar-refractivity contribution in [1.82, 2.24) is 0 Å². The van der Waals surface area contributed by atoms with Crippen molar-refractivity contribution < 1.29 is 14.3 Å². The summed E-state index contributed by atoms with van der Waals surface area (Å²) < 4.78 is 11.3. The predicted molar refractivity (Wildman–Crippen MR) is 184 cm³/mol. The number of rotatable bonds is 17. The molecule has 4 aromatic carbocycles. The zero-order valence-corrected chi connectivity index (χ0v) is 27.5. The summed E-state index contributed by atoms with van der Waals surface area (Å²) in [6.07, 6.45) is 10.7. The minimum absolute atomic E-state index is 0.0245. The molecule has 0 radical (unpaired) electrons. The molecule has 0 saturated heterocycles. The van der Waals surface area contributed by atoms with Gasteiger partial charge in [0.1, 0.15) is 0 Å². The molecule has 0 aromatic heterocycles. The molecule has 0 spiro atoms. The number of unbranched alkanes of at least 4 members (excludes halogenated alkanes) is 7. The van der Waals surface area contributed by atoms with Crippen LogP contribution in [0.15, 0.2) is 109 Å². The van der Waals surface area contributed by atoms with E-state index >= 15 is 0 Å². The van der Waals surface area contributed by atoms with Crippen molar-refractivity contribution in [1.29, 1.82) is 0 Å². The van der Waals surface area contributed by atoms with E-state index in [0.29, 0.717) is 23.7 Å². The van der Waals surface area contributed by atoms with Gasteiger partial charge in [0.25, 0.3) is 0 Å². The van der Waals surface area contributed by atoms with Gasteiger partial charge in [0.05, 0.1) is 7.11 Å². The Morgan fingerprint density at radius 1 is 0.619 bits per heavy atom. The molecule has 5 heteroatoms. The number of Topliss-reactive ketones (excluding diaryl/α,β-unsaturated/α-hetero) is 1. The van der Waals surface area contributed by atoms with Crippen LogP contribution in [-0.2, 0) is 0 Å². The van der Waals surface area contributed by atoms with E-state index in [2.05, 4.69) is 106 Å².